The third-order valence-corrected chi connectivity index (χ3v) is 15.1. The van der Waals surface area contributed by atoms with Crippen LogP contribution >= 0.6 is 0 Å². The Bertz CT molecular complexity index is 2560. The third kappa shape index (κ3) is 6.38. The molecule has 0 radical (unpaired) electrons. The number of aliphatic hydroxyl groups is 1. The van der Waals surface area contributed by atoms with Crippen molar-refractivity contribution in [1.82, 2.24) is 4.90 Å². The van der Waals surface area contributed by atoms with E-state index in [1.807, 2.05) is 67.6 Å². The first-order chi connectivity index (χ1) is 28.8. The molecule has 0 aromatic heterocycles. The average Bonchev–Trinajstić information content (AvgIpc) is 3.61. The summed E-state index contributed by atoms with van der Waals surface area (Å²) in [6.07, 6.45) is -0.558. The molecule has 0 unspecified atom stereocenters. The molecule has 5 aromatic carbocycles. The van der Waals surface area contributed by atoms with Crippen LogP contribution in [0.15, 0.2) is 115 Å². The molecular weight excluding hydrogens is 781 g/mol. The number of hydrogen-bond acceptors (Lipinski definition) is 9. The second-order valence-corrected chi connectivity index (χ2v) is 20.6. The summed E-state index contributed by atoms with van der Waals surface area (Å²) in [6, 6.07) is 33.3. The molecule has 2 N–H and O–H groups in total. The van der Waals surface area contributed by atoms with Gasteiger partial charge in [0.25, 0.3) is 17.5 Å². The number of rotatable bonds is 8. The predicted molar refractivity (Wildman–Crippen MR) is 226 cm³/mol. The van der Waals surface area contributed by atoms with Crippen molar-refractivity contribution < 1.29 is 38.7 Å². The maximum absolute atomic E-state index is 15.1. The molecule has 9 rings (SSSR count). The van der Waals surface area contributed by atoms with Crippen LogP contribution in [0.1, 0.15) is 46.0 Å². The number of nitro benzene ring substituents is 1. The minimum absolute atomic E-state index is 0.0673. The van der Waals surface area contributed by atoms with Crippen LogP contribution < -0.4 is 14.5 Å². The number of benzene rings is 5. The molecular formula is C46H44N4O9Si. The van der Waals surface area contributed by atoms with Crippen molar-refractivity contribution in [2.75, 3.05) is 16.4 Å². The zero-order valence-corrected chi connectivity index (χ0v) is 34.4. The summed E-state index contributed by atoms with van der Waals surface area (Å²) in [4.78, 5) is 71.7. The molecule has 60 heavy (non-hydrogen) atoms. The molecule has 0 saturated carbocycles. The van der Waals surface area contributed by atoms with Crippen LogP contribution in [-0.4, -0.2) is 64.5 Å². The summed E-state index contributed by atoms with van der Waals surface area (Å²) in [5, 5.41) is 22.5. The summed E-state index contributed by atoms with van der Waals surface area (Å²) in [6.45, 7) is 5.48. The SMILES string of the molecule is C[C@H]1[C@H]([Si](C)(C)O)[C@@H](CC(=O)N2Cc3ccccc3C[C@H]2CO)O[C@]12C(=O)N(Cc1ccc(N3C(=O)c4ccccc4Oc4ccccc43)cc1)c1ccc([N+](=O)[O-])cc12. The van der Waals surface area contributed by atoms with E-state index < -0.39 is 48.4 Å². The van der Waals surface area contributed by atoms with E-state index in [0.717, 1.165) is 11.1 Å². The van der Waals surface area contributed by atoms with Crippen molar-refractivity contribution in [3.63, 3.8) is 0 Å². The second kappa shape index (κ2) is 14.8. The Hall–Kier alpha value is -6.19. The number of para-hydroxylation sites is 3. The van der Waals surface area contributed by atoms with Gasteiger partial charge in [0.15, 0.2) is 19.7 Å². The Labute approximate surface area is 347 Å². The summed E-state index contributed by atoms with van der Waals surface area (Å²) >= 11 is 0. The molecule has 5 atom stereocenters. The normalized spacial score (nSPS) is 23.1. The lowest BCUT2D eigenvalue weighted by atomic mass is 9.82. The van der Waals surface area contributed by atoms with Gasteiger partial charge < -0.3 is 29.2 Å². The van der Waals surface area contributed by atoms with Gasteiger partial charge in [0.1, 0.15) is 5.75 Å². The van der Waals surface area contributed by atoms with E-state index in [4.69, 9.17) is 9.47 Å². The Morgan fingerprint density at radius 3 is 2.30 bits per heavy atom. The Morgan fingerprint density at radius 2 is 1.58 bits per heavy atom. The largest absolute Gasteiger partial charge is 0.454 e. The Kier molecular flexibility index (Phi) is 9.70. The molecule has 14 heteroatoms. The van der Waals surface area contributed by atoms with E-state index in [1.165, 1.54) is 12.1 Å². The molecule has 1 spiro atoms. The number of amides is 3. The fourth-order valence-corrected chi connectivity index (χ4v) is 12.4. The predicted octanol–water partition coefficient (Wildman–Crippen LogP) is 7.36. The van der Waals surface area contributed by atoms with Crippen LogP contribution in [0.5, 0.6) is 11.5 Å². The lowest BCUT2D eigenvalue weighted by molar-refractivity contribution is -0.385. The second-order valence-electron chi connectivity index (χ2n) is 16.6. The quantitative estimate of drug-likeness (QED) is 0.0925. The maximum Gasteiger partial charge on any atom is 0.269 e. The molecule has 4 aliphatic rings. The first-order valence-corrected chi connectivity index (χ1v) is 23.1. The molecule has 1 saturated heterocycles. The highest BCUT2D eigenvalue weighted by Gasteiger charge is 2.67. The van der Waals surface area contributed by atoms with Gasteiger partial charge in [-0.1, -0.05) is 67.6 Å². The summed E-state index contributed by atoms with van der Waals surface area (Å²) in [5.41, 5.74) is 2.52. The highest BCUT2D eigenvalue weighted by molar-refractivity contribution is 6.71. The maximum atomic E-state index is 15.1. The number of ether oxygens (including phenoxy) is 2. The summed E-state index contributed by atoms with van der Waals surface area (Å²) in [7, 11) is -3.20. The van der Waals surface area contributed by atoms with Crippen LogP contribution in [0.3, 0.4) is 0 Å². The number of carbonyl (C=O) groups is 3. The number of hydrogen-bond donors (Lipinski definition) is 2. The van der Waals surface area contributed by atoms with Crippen molar-refractivity contribution in [2.45, 2.75) is 69.2 Å². The zero-order chi connectivity index (χ0) is 42.1. The molecule has 1 fully saturated rings. The average molecular weight is 825 g/mol. The van der Waals surface area contributed by atoms with E-state index in [9.17, 15) is 29.6 Å². The molecule has 13 nitrogen and oxygen atoms in total. The van der Waals surface area contributed by atoms with E-state index in [-0.39, 0.29) is 37.1 Å². The monoisotopic (exact) mass is 824 g/mol. The smallest absolute Gasteiger partial charge is 0.269 e. The molecule has 4 aliphatic heterocycles. The van der Waals surface area contributed by atoms with Gasteiger partial charge in [0.05, 0.1) is 53.6 Å². The van der Waals surface area contributed by atoms with E-state index in [0.29, 0.717) is 58.2 Å². The molecule has 0 bridgehead atoms. The van der Waals surface area contributed by atoms with Crippen molar-refractivity contribution in [3.8, 4) is 11.5 Å². The lowest BCUT2D eigenvalue weighted by Gasteiger charge is -2.37. The number of nitrogens with zero attached hydrogens (tertiary/aromatic N) is 4. The topological polar surface area (TPSA) is 163 Å². The van der Waals surface area contributed by atoms with Gasteiger partial charge in [-0.05, 0) is 78.7 Å². The number of carbonyl (C=O) groups excluding carboxylic acids is 3. The molecule has 3 amide bonds. The fourth-order valence-electron chi connectivity index (χ4n) is 9.87. The van der Waals surface area contributed by atoms with Crippen molar-refractivity contribution in [1.29, 1.82) is 0 Å². The standard InChI is InChI=1S/C46H44N4O9Si/c1-28-43(60(2,3)57)41(24-42(52)47-26-31-11-5-4-10-30(31)22-34(47)27-51)59-46(28)36-23-33(50(55)56)20-21-37(36)48(45(46)54)25-29-16-18-32(19-17-29)49-38-13-7-9-15-40(38)58-39-14-8-6-12-35(39)44(49)53/h4-21,23,28,34,41,43,51,57H,22,24-27H2,1-3H3/t28-,34-,41+,43-,46+/m0/s1. The fraction of sp³-hybridized carbons (Fsp3) is 0.283. The Balaban J connectivity index is 1.04. The number of non-ortho nitro benzene ring substituents is 1. The number of anilines is 3. The lowest BCUT2D eigenvalue weighted by Crippen LogP contribution is -2.48. The highest BCUT2D eigenvalue weighted by atomic mass is 28.4. The van der Waals surface area contributed by atoms with E-state index in [1.54, 1.807) is 70.3 Å². The van der Waals surface area contributed by atoms with E-state index >= 15 is 4.79 Å². The van der Waals surface area contributed by atoms with Crippen molar-refractivity contribution in [3.05, 3.63) is 153 Å². The van der Waals surface area contributed by atoms with Gasteiger partial charge in [-0.2, -0.15) is 0 Å². The number of aliphatic hydroxyl groups excluding tert-OH is 1. The molecule has 306 valence electrons. The minimum atomic E-state index is -3.20. The zero-order valence-electron chi connectivity index (χ0n) is 33.4. The van der Waals surface area contributed by atoms with E-state index in [2.05, 4.69) is 0 Å². The molecule has 5 aromatic rings. The first-order valence-electron chi connectivity index (χ1n) is 20.1. The minimum Gasteiger partial charge on any atom is -0.454 e. The van der Waals surface area contributed by atoms with Crippen molar-refractivity contribution in [2.24, 2.45) is 5.92 Å². The van der Waals surface area contributed by atoms with Crippen molar-refractivity contribution >= 4 is 48.8 Å². The van der Waals surface area contributed by atoms with Gasteiger partial charge >= 0.3 is 0 Å². The number of nitro groups is 1. The van der Waals surface area contributed by atoms with Gasteiger partial charge in [-0.3, -0.25) is 29.4 Å². The molecule has 0 aliphatic carbocycles. The van der Waals surface area contributed by atoms with Gasteiger partial charge in [0, 0.05) is 41.4 Å². The number of fused-ring (bicyclic) bond motifs is 5. The summed E-state index contributed by atoms with van der Waals surface area (Å²) in [5.74, 6) is -0.687. The van der Waals surface area contributed by atoms with Gasteiger partial charge in [-0.25, -0.2) is 0 Å². The molecule has 4 heterocycles. The Morgan fingerprint density at radius 1 is 0.900 bits per heavy atom. The highest BCUT2D eigenvalue weighted by Crippen LogP contribution is 2.60. The van der Waals surface area contributed by atoms with Crippen LogP contribution in [0.2, 0.25) is 18.6 Å². The summed E-state index contributed by atoms with van der Waals surface area (Å²) < 4.78 is 13.0. The van der Waals surface area contributed by atoms with Crippen LogP contribution in [0.25, 0.3) is 0 Å². The van der Waals surface area contributed by atoms with Gasteiger partial charge in [0.2, 0.25) is 5.91 Å². The van der Waals surface area contributed by atoms with Crippen LogP contribution in [0, 0.1) is 16.0 Å². The van der Waals surface area contributed by atoms with Crippen LogP contribution in [-0.2, 0) is 39.4 Å². The third-order valence-electron chi connectivity index (χ3n) is 12.6. The van der Waals surface area contributed by atoms with Crippen LogP contribution in [0.4, 0.5) is 22.7 Å². The van der Waals surface area contributed by atoms with Gasteiger partial charge in [-0.15, -0.1) is 0 Å². The first kappa shape index (κ1) is 39.3.